The maximum atomic E-state index is 13.0. The van der Waals surface area contributed by atoms with Crippen molar-refractivity contribution in [1.29, 1.82) is 0 Å². The molecule has 12 heteroatoms. The van der Waals surface area contributed by atoms with Crippen molar-refractivity contribution in [2.24, 2.45) is 0 Å². The van der Waals surface area contributed by atoms with Gasteiger partial charge in [-0.05, 0) is 36.8 Å². The fourth-order valence-corrected chi connectivity index (χ4v) is 3.28. The molecule has 33 heavy (non-hydrogen) atoms. The second-order valence-electron chi connectivity index (χ2n) is 7.42. The summed E-state index contributed by atoms with van der Waals surface area (Å²) >= 11 is 0. The number of aliphatic hydroxyl groups is 1. The average molecular weight is 460 g/mol. The standard InChI is InChI=1S/C21H19F3N6O3/c1-20(32,21(22,23)24)12-8-6-11(7-9-12)18(31)26-10-15-27-17-13-4-3-5-14(33-2)16(13)28-19(25)30(17)29-15/h3-9,32H,10H2,1-2H3,(H2,25,28)(H,26,31)/t20-/m1/s1. The summed E-state index contributed by atoms with van der Waals surface area (Å²) in [6.07, 6.45) is -4.85. The number of nitrogens with one attached hydrogen (secondary N) is 1. The van der Waals surface area contributed by atoms with Crippen LogP contribution < -0.4 is 15.8 Å². The number of nitrogen functional groups attached to an aromatic ring is 1. The van der Waals surface area contributed by atoms with E-state index in [1.54, 1.807) is 18.2 Å². The number of hydrogen-bond acceptors (Lipinski definition) is 7. The number of methoxy groups -OCH3 is 1. The smallest absolute Gasteiger partial charge is 0.421 e. The third-order valence-corrected chi connectivity index (χ3v) is 5.22. The lowest BCUT2D eigenvalue weighted by atomic mass is 9.94. The predicted octanol–water partition coefficient (Wildman–Crippen LogP) is 2.57. The lowest BCUT2D eigenvalue weighted by Crippen LogP contribution is -2.39. The van der Waals surface area contributed by atoms with Gasteiger partial charge in [0.05, 0.1) is 13.7 Å². The molecular formula is C21H19F3N6O3. The lowest BCUT2D eigenvalue weighted by Gasteiger charge is -2.26. The minimum atomic E-state index is -4.85. The van der Waals surface area contributed by atoms with Crippen LogP contribution in [-0.4, -0.2) is 43.9 Å². The average Bonchev–Trinajstić information content (AvgIpc) is 3.22. The number of para-hydroxylation sites is 1. The number of aromatic nitrogens is 4. The van der Waals surface area contributed by atoms with Crippen LogP contribution in [0.2, 0.25) is 0 Å². The molecule has 2 aromatic carbocycles. The largest absolute Gasteiger partial charge is 0.494 e. The van der Waals surface area contributed by atoms with Gasteiger partial charge in [0.2, 0.25) is 5.95 Å². The zero-order valence-corrected chi connectivity index (χ0v) is 17.5. The maximum Gasteiger partial charge on any atom is 0.421 e. The highest BCUT2D eigenvalue weighted by Crippen LogP contribution is 2.38. The number of anilines is 1. The number of nitrogens with zero attached hydrogens (tertiary/aromatic N) is 4. The molecule has 0 bridgehead atoms. The van der Waals surface area contributed by atoms with Gasteiger partial charge in [-0.25, -0.2) is 9.97 Å². The molecule has 0 aliphatic heterocycles. The zero-order chi connectivity index (χ0) is 24.0. The Balaban J connectivity index is 1.55. The Morgan fingerprint density at radius 1 is 1.18 bits per heavy atom. The SMILES string of the molecule is COc1cccc2c1nc(N)n1nc(CNC(=O)c3ccc([C@@](C)(O)C(F)(F)F)cc3)nc21. The quantitative estimate of drug-likeness (QED) is 0.418. The molecule has 172 valence electrons. The molecule has 0 fully saturated rings. The van der Waals surface area contributed by atoms with Gasteiger partial charge in [-0.1, -0.05) is 18.2 Å². The summed E-state index contributed by atoms with van der Waals surface area (Å²) in [6, 6.07) is 9.80. The van der Waals surface area contributed by atoms with Crippen LogP contribution in [0, 0.1) is 0 Å². The normalized spacial score (nSPS) is 13.8. The highest BCUT2D eigenvalue weighted by atomic mass is 19.4. The monoisotopic (exact) mass is 460 g/mol. The van der Waals surface area contributed by atoms with E-state index in [1.165, 1.54) is 23.8 Å². The van der Waals surface area contributed by atoms with Crippen LogP contribution in [0.25, 0.3) is 16.6 Å². The van der Waals surface area contributed by atoms with E-state index in [0.29, 0.717) is 29.2 Å². The highest BCUT2D eigenvalue weighted by Gasteiger charge is 2.51. The van der Waals surface area contributed by atoms with Crippen molar-refractivity contribution < 1.29 is 27.8 Å². The van der Waals surface area contributed by atoms with Gasteiger partial charge in [0.1, 0.15) is 11.3 Å². The molecule has 4 rings (SSSR count). The molecule has 0 radical (unpaired) electrons. The van der Waals surface area contributed by atoms with E-state index >= 15 is 0 Å². The number of carbonyl (C=O) groups is 1. The van der Waals surface area contributed by atoms with E-state index in [-0.39, 0.29) is 29.4 Å². The third kappa shape index (κ3) is 3.89. The first-order valence-corrected chi connectivity index (χ1v) is 9.68. The van der Waals surface area contributed by atoms with E-state index in [9.17, 15) is 23.1 Å². The van der Waals surface area contributed by atoms with E-state index in [1.807, 2.05) is 0 Å². The van der Waals surface area contributed by atoms with E-state index in [4.69, 9.17) is 10.5 Å². The molecule has 4 N–H and O–H groups in total. The van der Waals surface area contributed by atoms with E-state index < -0.39 is 17.7 Å². The summed E-state index contributed by atoms with van der Waals surface area (Å²) in [5.74, 6) is 0.306. The molecule has 0 aliphatic rings. The van der Waals surface area contributed by atoms with Crippen molar-refractivity contribution >= 4 is 28.4 Å². The number of amides is 1. The summed E-state index contributed by atoms with van der Waals surface area (Å²) < 4.78 is 45.6. The Morgan fingerprint density at radius 3 is 2.52 bits per heavy atom. The summed E-state index contributed by atoms with van der Waals surface area (Å²) in [6.45, 7) is 0.588. The second-order valence-corrected chi connectivity index (χ2v) is 7.42. The van der Waals surface area contributed by atoms with Gasteiger partial charge in [-0.15, -0.1) is 5.10 Å². The number of hydrogen-bond donors (Lipinski definition) is 3. The van der Waals surface area contributed by atoms with Crippen LogP contribution >= 0.6 is 0 Å². The van der Waals surface area contributed by atoms with Gasteiger partial charge < -0.3 is 20.9 Å². The lowest BCUT2D eigenvalue weighted by molar-refractivity contribution is -0.258. The van der Waals surface area contributed by atoms with Crippen molar-refractivity contribution in [2.75, 3.05) is 12.8 Å². The molecule has 9 nitrogen and oxygen atoms in total. The van der Waals surface area contributed by atoms with Crippen molar-refractivity contribution in [2.45, 2.75) is 25.2 Å². The van der Waals surface area contributed by atoms with Crippen LogP contribution in [0.5, 0.6) is 5.75 Å². The van der Waals surface area contributed by atoms with Crippen molar-refractivity contribution in [3.8, 4) is 5.75 Å². The summed E-state index contributed by atoms with van der Waals surface area (Å²) in [4.78, 5) is 21.2. The predicted molar refractivity (Wildman–Crippen MR) is 112 cm³/mol. The number of carbonyl (C=O) groups excluding carboxylic acids is 1. The number of rotatable bonds is 5. The van der Waals surface area contributed by atoms with Crippen LogP contribution in [0.15, 0.2) is 42.5 Å². The molecule has 1 amide bonds. The van der Waals surface area contributed by atoms with Gasteiger partial charge in [0.15, 0.2) is 17.1 Å². The number of halogens is 3. The Bertz CT molecular complexity index is 1350. The second kappa shape index (κ2) is 7.89. The summed E-state index contributed by atoms with van der Waals surface area (Å²) in [7, 11) is 1.51. The highest BCUT2D eigenvalue weighted by molar-refractivity contribution is 5.96. The van der Waals surface area contributed by atoms with Gasteiger partial charge >= 0.3 is 6.18 Å². The fourth-order valence-electron chi connectivity index (χ4n) is 3.28. The Morgan fingerprint density at radius 2 is 1.88 bits per heavy atom. The van der Waals surface area contributed by atoms with Gasteiger partial charge in [0, 0.05) is 10.9 Å². The Hall–Kier alpha value is -3.93. The third-order valence-electron chi connectivity index (χ3n) is 5.22. The first kappa shape index (κ1) is 22.3. The molecule has 0 unspecified atom stereocenters. The number of alkyl halides is 3. The minimum absolute atomic E-state index is 0.0621. The number of ether oxygens (including phenoxy) is 1. The first-order chi connectivity index (χ1) is 15.5. The molecule has 2 heterocycles. The number of benzene rings is 2. The molecule has 1 atom stereocenters. The number of fused-ring (bicyclic) bond motifs is 3. The van der Waals surface area contributed by atoms with Crippen LogP contribution in [0.3, 0.4) is 0 Å². The minimum Gasteiger partial charge on any atom is -0.494 e. The summed E-state index contributed by atoms with van der Waals surface area (Å²) in [5.41, 5.74) is 3.64. The summed E-state index contributed by atoms with van der Waals surface area (Å²) in [5, 5.41) is 17.3. The van der Waals surface area contributed by atoms with E-state index in [2.05, 4.69) is 20.4 Å². The first-order valence-electron chi connectivity index (χ1n) is 9.68. The zero-order valence-electron chi connectivity index (χ0n) is 17.5. The molecular weight excluding hydrogens is 441 g/mol. The maximum absolute atomic E-state index is 13.0. The van der Waals surface area contributed by atoms with E-state index in [0.717, 1.165) is 12.1 Å². The fraction of sp³-hybridized carbons (Fsp3) is 0.238. The van der Waals surface area contributed by atoms with Gasteiger partial charge in [-0.2, -0.15) is 17.7 Å². The van der Waals surface area contributed by atoms with Crippen molar-refractivity contribution in [3.05, 3.63) is 59.4 Å². The van der Waals surface area contributed by atoms with Crippen LogP contribution in [0.1, 0.15) is 28.7 Å². The van der Waals surface area contributed by atoms with Gasteiger partial charge in [0.25, 0.3) is 5.91 Å². The van der Waals surface area contributed by atoms with Crippen molar-refractivity contribution in [3.63, 3.8) is 0 Å². The molecule has 0 saturated carbocycles. The van der Waals surface area contributed by atoms with Crippen molar-refractivity contribution in [1.82, 2.24) is 24.9 Å². The molecule has 2 aromatic heterocycles. The molecule has 4 aromatic rings. The van der Waals surface area contributed by atoms with Gasteiger partial charge in [-0.3, -0.25) is 4.79 Å². The number of nitrogens with two attached hydrogens (primary N) is 1. The molecule has 0 saturated heterocycles. The van der Waals surface area contributed by atoms with Crippen LogP contribution in [0.4, 0.5) is 19.1 Å². The topological polar surface area (TPSA) is 128 Å². The van der Waals surface area contributed by atoms with Crippen LogP contribution in [-0.2, 0) is 12.1 Å². The Kier molecular flexibility index (Phi) is 5.32. The molecule has 0 spiro atoms. The Labute approximate surface area is 185 Å². The molecule has 0 aliphatic carbocycles.